The number of hydrogen-bond donors (Lipinski definition) is 2. The maximum absolute atomic E-state index is 10.8. The molecule has 1 aliphatic heterocycles. The molecule has 100 valence electrons. The molecular formula is C13H27N3O. The summed E-state index contributed by atoms with van der Waals surface area (Å²) in [7, 11) is 0. The third kappa shape index (κ3) is 6.64. The van der Waals surface area contributed by atoms with Gasteiger partial charge >= 0.3 is 0 Å². The number of nitrogens with one attached hydrogen (secondary N) is 1. The lowest BCUT2D eigenvalue weighted by Gasteiger charge is -2.31. The molecule has 0 aliphatic carbocycles. The zero-order valence-corrected chi connectivity index (χ0v) is 11.2. The number of nitrogens with zero attached hydrogens (tertiary/aromatic N) is 1. The predicted molar refractivity (Wildman–Crippen MR) is 70.7 cm³/mol. The summed E-state index contributed by atoms with van der Waals surface area (Å²) < 4.78 is 0. The molecule has 17 heavy (non-hydrogen) atoms. The topological polar surface area (TPSA) is 58.4 Å². The highest BCUT2D eigenvalue weighted by Gasteiger charge is 2.19. The summed E-state index contributed by atoms with van der Waals surface area (Å²) in [6.07, 6.45) is 4.03. The van der Waals surface area contributed by atoms with Crippen LogP contribution in [0.15, 0.2) is 0 Å². The zero-order valence-electron chi connectivity index (χ0n) is 11.2. The van der Waals surface area contributed by atoms with Gasteiger partial charge in [-0.2, -0.15) is 0 Å². The lowest BCUT2D eigenvalue weighted by atomic mass is 9.93. The summed E-state index contributed by atoms with van der Waals surface area (Å²) in [5.41, 5.74) is 5.22. The highest BCUT2D eigenvalue weighted by molar-refractivity contribution is 5.73. The van der Waals surface area contributed by atoms with Crippen molar-refractivity contribution in [2.75, 3.05) is 26.2 Å². The first-order valence-corrected chi connectivity index (χ1v) is 6.82. The molecule has 0 aromatic heterocycles. The van der Waals surface area contributed by atoms with E-state index in [1.54, 1.807) is 0 Å². The van der Waals surface area contributed by atoms with Crippen LogP contribution in [0.25, 0.3) is 0 Å². The number of primary amides is 1. The number of piperidine rings is 1. The van der Waals surface area contributed by atoms with E-state index in [4.69, 9.17) is 5.73 Å². The molecule has 0 bridgehead atoms. The summed E-state index contributed by atoms with van der Waals surface area (Å²) in [4.78, 5) is 13.3. The van der Waals surface area contributed by atoms with Crippen LogP contribution in [0.3, 0.4) is 0 Å². The highest BCUT2D eigenvalue weighted by Crippen LogP contribution is 2.19. The van der Waals surface area contributed by atoms with E-state index in [1.165, 1.54) is 13.0 Å². The number of carbonyl (C=O) groups excluding carboxylic acids is 1. The van der Waals surface area contributed by atoms with Crippen LogP contribution in [0.2, 0.25) is 0 Å². The first-order valence-electron chi connectivity index (χ1n) is 6.82. The van der Waals surface area contributed by atoms with Gasteiger partial charge in [0, 0.05) is 12.5 Å². The van der Waals surface area contributed by atoms with Crippen molar-refractivity contribution in [3.8, 4) is 0 Å². The van der Waals surface area contributed by atoms with E-state index in [9.17, 15) is 4.79 Å². The van der Waals surface area contributed by atoms with Crippen LogP contribution in [0.5, 0.6) is 0 Å². The number of rotatable bonds is 7. The minimum Gasteiger partial charge on any atom is -0.370 e. The fourth-order valence-corrected chi connectivity index (χ4v) is 2.39. The van der Waals surface area contributed by atoms with Crippen molar-refractivity contribution in [3.63, 3.8) is 0 Å². The molecule has 0 aromatic rings. The molecule has 1 aliphatic rings. The summed E-state index contributed by atoms with van der Waals surface area (Å²) in [6, 6.07) is 0.580. The number of likely N-dealkylation sites (tertiary alicyclic amines) is 1. The summed E-state index contributed by atoms with van der Waals surface area (Å²) in [6.45, 7) is 8.87. The second kappa shape index (κ2) is 7.67. The molecule has 4 nitrogen and oxygen atoms in total. The van der Waals surface area contributed by atoms with Gasteiger partial charge in [0.1, 0.15) is 0 Å². The molecule has 0 saturated carbocycles. The van der Waals surface area contributed by atoms with Gasteiger partial charge in [-0.3, -0.25) is 4.79 Å². The Labute approximate surface area is 105 Å². The van der Waals surface area contributed by atoms with Crippen LogP contribution in [-0.4, -0.2) is 43.0 Å². The van der Waals surface area contributed by atoms with Crippen molar-refractivity contribution >= 4 is 5.91 Å². The molecule has 0 atom stereocenters. The minimum atomic E-state index is -0.149. The van der Waals surface area contributed by atoms with E-state index >= 15 is 0 Å². The molecule has 4 heteroatoms. The monoisotopic (exact) mass is 241 g/mol. The Morgan fingerprint density at radius 3 is 2.59 bits per heavy atom. The van der Waals surface area contributed by atoms with Gasteiger partial charge in [0.25, 0.3) is 0 Å². The predicted octanol–water partition coefficient (Wildman–Crippen LogP) is 0.962. The van der Waals surface area contributed by atoms with Crippen LogP contribution >= 0.6 is 0 Å². The van der Waals surface area contributed by atoms with Gasteiger partial charge in [0.05, 0.1) is 0 Å². The molecule has 3 N–H and O–H groups in total. The molecule has 1 amide bonds. The fourth-order valence-electron chi connectivity index (χ4n) is 2.39. The van der Waals surface area contributed by atoms with E-state index in [-0.39, 0.29) is 5.91 Å². The van der Waals surface area contributed by atoms with Gasteiger partial charge in [-0.05, 0) is 51.4 Å². The summed E-state index contributed by atoms with van der Waals surface area (Å²) in [5.74, 6) is 0.377. The summed E-state index contributed by atoms with van der Waals surface area (Å²) in [5, 5.41) is 3.43. The normalized spacial score (nSPS) is 18.8. The Kier molecular flexibility index (Phi) is 6.52. The highest BCUT2D eigenvalue weighted by atomic mass is 16.1. The van der Waals surface area contributed by atoms with E-state index < -0.39 is 0 Å². The average Bonchev–Trinajstić information content (AvgIpc) is 2.25. The first-order chi connectivity index (χ1) is 8.08. The Bertz CT molecular complexity index is 223. The third-order valence-corrected chi connectivity index (χ3v) is 3.40. The van der Waals surface area contributed by atoms with Crippen molar-refractivity contribution in [1.29, 1.82) is 0 Å². The first kappa shape index (κ1) is 14.5. The van der Waals surface area contributed by atoms with Crippen molar-refractivity contribution < 1.29 is 4.79 Å². The van der Waals surface area contributed by atoms with Crippen molar-refractivity contribution in [1.82, 2.24) is 10.2 Å². The lowest BCUT2D eigenvalue weighted by molar-refractivity contribution is -0.119. The zero-order chi connectivity index (χ0) is 12.7. The second-order valence-corrected chi connectivity index (χ2v) is 5.42. The van der Waals surface area contributed by atoms with Gasteiger partial charge in [-0.15, -0.1) is 0 Å². The number of amides is 1. The smallest absolute Gasteiger partial charge is 0.217 e. The molecular weight excluding hydrogens is 214 g/mol. The van der Waals surface area contributed by atoms with E-state index in [0.29, 0.717) is 18.4 Å². The number of hydrogen-bond acceptors (Lipinski definition) is 3. The molecule has 1 rings (SSSR count). The summed E-state index contributed by atoms with van der Waals surface area (Å²) >= 11 is 0. The number of nitrogens with two attached hydrogens (primary N) is 1. The standard InChI is InChI=1S/C13H27N3O/c1-11(2)15-6-3-7-16-8-4-12(5-9-16)10-13(14)17/h11-12,15H,3-10H2,1-2H3,(H2,14,17). The Hall–Kier alpha value is -0.610. The van der Waals surface area contributed by atoms with Crippen LogP contribution in [0, 0.1) is 5.92 Å². The molecule has 0 unspecified atom stereocenters. The minimum absolute atomic E-state index is 0.149. The van der Waals surface area contributed by atoms with E-state index in [2.05, 4.69) is 24.1 Å². The molecule has 1 heterocycles. The molecule has 0 aromatic carbocycles. The Morgan fingerprint density at radius 2 is 2.06 bits per heavy atom. The molecule has 0 spiro atoms. The van der Waals surface area contributed by atoms with Crippen LogP contribution in [0.1, 0.15) is 39.5 Å². The maximum Gasteiger partial charge on any atom is 0.217 e. The van der Waals surface area contributed by atoms with Gasteiger partial charge < -0.3 is 16.0 Å². The fraction of sp³-hybridized carbons (Fsp3) is 0.923. The third-order valence-electron chi connectivity index (χ3n) is 3.40. The number of carbonyl (C=O) groups is 1. The Morgan fingerprint density at radius 1 is 1.41 bits per heavy atom. The molecule has 1 fully saturated rings. The SMILES string of the molecule is CC(C)NCCCN1CCC(CC(N)=O)CC1. The Balaban J connectivity index is 2.05. The van der Waals surface area contributed by atoms with Gasteiger partial charge in [0.15, 0.2) is 0 Å². The largest absolute Gasteiger partial charge is 0.370 e. The quantitative estimate of drug-likeness (QED) is 0.653. The lowest BCUT2D eigenvalue weighted by Crippen LogP contribution is -2.37. The van der Waals surface area contributed by atoms with Gasteiger partial charge in [-0.25, -0.2) is 0 Å². The van der Waals surface area contributed by atoms with Crippen LogP contribution in [-0.2, 0) is 4.79 Å². The van der Waals surface area contributed by atoms with E-state index in [1.807, 2.05) is 0 Å². The second-order valence-electron chi connectivity index (χ2n) is 5.42. The van der Waals surface area contributed by atoms with Crippen molar-refractivity contribution in [2.24, 2.45) is 11.7 Å². The van der Waals surface area contributed by atoms with Crippen LogP contribution in [0.4, 0.5) is 0 Å². The van der Waals surface area contributed by atoms with Crippen molar-refractivity contribution in [3.05, 3.63) is 0 Å². The van der Waals surface area contributed by atoms with Gasteiger partial charge in [-0.1, -0.05) is 13.8 Å². The maximum atomic E-state index is 10.8. The van der Waals surface area contributed by atoms with Crippen molar-refractivity contribution in [2.45, 2.75) is 45.6 Å². The van der Waals surface area contributed by atoms with Gasteiger partial charge in [0.2, 0.25) is 5.91 Å². The average molecular weight is 241 g/mol. The van der Waals surface area contributed by atoms with E-state index in [0.717, 1.165) is 32.5 Å². The molecule has 1 saturated heterocycles. The van der Waals surface area contributed by atoms with Crippen LogP contribution < -0.4 is 11.1 Å². The molecule has 0 radical (unpaired) electrons.